The van der Waals surface area contributed by atoms with Crippen LogP contribution in [0, 0.1) is 0 Å². The second kappa shape index (κ2) is 5.44. The summed E-state index contributed by atoms with van der Waals surface area (Å²) in [6.07, 6.45) is 0. The molecule has 0 unspecified atom stereocenters. The van der Waals surface area contributed by atoms with E-state index in [4.69, 9.17) is 4.74 Å². The first kappa shape index (κ1) is 14.6. The van der Waals surface area contributed by atoms with Gasteiger partial charge in [0.2, 0.25) is 5.82 Å². The number of H-pyrrole nitrogens is 1. The second-order valence-electron chi connectivity index (χ2n) is 4.72. The molecule has 1 aromatic carbocycles. The average Bonchev–Trinajstić information content (AvgIpc) is 3.15. The molecule has 0 aliphatic rings. The maximum atomic E-state index is 11.9. The molecule has 0 aliphatic carbocycles. The molecule has 3 rings (SSSR count). The highest BCUT2D eigenvalue weighted by Gasteiger charge is 2.29. The number of ether oxygens (including phenoxy) is 1. The molecule has 0 fully saturated rings. The zero-order chi connectivity index (χ0) is 16.6. The van der Waals surface area contributed by atoms with Crippen LogP contribution < -0.4 is 4.74 Å². The summed E-state index contributed by atoms with van der Waals surface area (Å²) in [7, 11) is 1.54. The third-order valence-corrected chi connectivity index (χ3v) is 3.34. The molecule has 9 nitrogen and oxygen atoms in total. The highest BCUT2D eigenvalue weighted by Crippen LogP contribution is 2.42. The molecule has 0 bridgehead atoms. The van der Waals surface area contributed by atoms with Crippen molar-refractivity contribution in [3.8, 4) is 34.5 Å². The number of ketones is 1. The molecule has 0 saturated carbocycles. The van der Waals surface area contributed by atoms with E-state index in [1.165, 1.54) is 18.6 Å². The normalized spacial score (nSPS) is 10.7. The standard InChI is InChI=1S/C14H13N5O4/c1-7(20)10-12(21)13(22)11(14-15-17-18-16-14)19(10)8-3-5-9(23-2)6-4-8/h3-6,21-22H,1-2H3,(H,15,16,17,18). The van der Waals surface area contributed by atoms with Gasteiger partial charge < -0.3 is 14.9 Å². The predicted molar refractivity (Wildman–Crippen MR) is 78.8 cm³/mol. The van der Waals surface area contributed by atoms with Crippen molar-refractivity contribution in [1.29, 1.82) is 0 Å². The van der Waals surface area contributed by atoms with Crippen molar-refractivity contribution in [2.45, 2.75) is 6.92 Å². The minimum Gasteiger partial charge on any atom is -0.503 e. The van der Waals surface area contributed by atoms with Crippen LogP contribution in [0.1, 0.15) is 17.4 Å². The van der Waals surface area contributed by atoms with Gasteiger partial charge in [0.1, 0.15) is 17.1 Å². The van der Waals surface area contributed by atoms with Crippen molar-refractivity contribution >= 4 is 5.78 Å². The fourth-order valence-electron chi connectivity index (χ4n) is 2.33. The summed E-state index contributed by atoms with van der Waals surface area (Å²) >= 11 is 0. The van der Waals surface area contributed by atoms with Gasteiger partial charge in [-0.05, 0) is 29.5 Å². The minimum atomic E-state index is -0.534. The summed E-state index contributed by atoms with van der Waals surface area (Å²) in [6, 6.07) is 6.72. The molecule has 23 heavy (non-hydrogen) atoms. The molecule has 3 N–H and O–H groups in total. The Hall–Kier alpha value is -3.36. The molecular formula is C14H13N5O4. The highest BCUT2D eigenvalue weighted by atomic mass is 16.5. The topological polar surface area (TPSA) is 126 Å². The summed E-state index contributed by atoms with van der Waals surface area (Å²) in [4.78, 5) is 11.9. The molecule has 0 saturated heterocycles. The largest absolute Gasteiger partial charge is 0.503 e. The van der Waals surface area contributed by atoms with Crippen molar-refractivity contribution in [1.82, 2.24) is 25.2 Å². The Balaban J connectivity index is 2.32. The van der Waals surface area contributed by atoms with Crippen LogP contribution in [-0.4, -0.2) is 48.3 Å². The molecular weight excluding hydrogens is 302 g/mol. The Morgan fingerprint density at radius 2 is 1.91 bits per heavy atom. The van der Waals surface area contributed by atoms with Crippen molar-refractivity contribution in [2.75, 3.05) is 7.11 Å². The van der Waals surface area contributed by atoms with Gasteiger partial charge in [0.05, 0.1) is 7.11 Å². The van der Waals surface area contributed by atoms with E-state index >= 15 is 0 Å². The second-order valence-corrected chi connectivity index (χ2v) is 4.72. The Labute approximate surface area is 130 Å². The Morgan fingerprint density at radius 3 is 2.43 bits per heavy atom. The van der Waals surface area contributed by atoms with E-state index < -0.39 is 17.3 Å². The number of tetrazole rings is 1. The third kappa shape index (κ3) is 2.27. The zero-order valence-electron chi connectivity index (χ0n) is 12.3. The quantitative estimate of drug-likeness (QED) is 0.619. The number of hydrogen-bond acceptors (Lipinski definition) is 7. The molecule has 118 valence electrons. The lowest BCUT2D eigenvalue weighted by Gasteiger charge is -2.10. The summed E-state index contributed by atoms with van der Waals surface area (Å²) in [5.74, 6) is -0.787. The number of rotatable bonds is 4. The molecule has 9 heteroatoms. The van der Waals surface area contributed by atoms with Crippen molar-refractivity contribution in [3.05, 3.63) is 30.0 Å². The third-order valence-electron chi connectivity index (χ3n) is 3.34. The lowest BCUT2D eigenvalue weighted by atomic mass is 10.2. The fraction of sp³-hybridized carbons (Fsp3) is 0.143. The van der Waals surface area contributed by atoms with Crippen LogP contribution in [0.2, 0.25) is 0 Å². The highest BCUT2D eigenvalue weighted by molar-refractivity contribution is 5.99. The van der Waals surface area contributed by atoms with Crippen LogP contribution in [-0.2, 0) is 0 Å². The number of carbonyl (C=O) groups excluding carboxylic acids is 1. The molecule has 3 aromatic rings. The Morgan fingerprint density at radius 1 is 1.22 bits per heavy atom. The van der Waals surface area contributed by atoms with Gasteiger partial charge in [0, 0.05) is 12.6 Å². The number of aromatic nitrogens is 5. The number of carbonyl (C=O) groups is 1. The van der Waals surface area contributed by atoms with Crippen LogP contribution >= 0.6 is 0 Å². The lowest BCUT2D eigenvalue weighted by molar-refractivity contribution is 0.100. The van der Waals surface area contributed by atoms with E-state index in [0.29, 0.717) is 11.4 Å². The lowest BCUT2D eigenvalue weighted by Crippen LogP contribution is -2.06. The number of Topliss-reactive ketones (excluding diaryl/α,β-unsaturated/α-hetero) is 1. The Bertz CT molecular complexity index is 852. The maximum absolute atomic E-state index is 11.9. The van der Waals surface area contributed by atoms with Gasteiger partial charge in [0.25, 0.3) is 0 Å². The fourth-order valence-corrected chi connectivity index (χ4v) is 2.33. The number of nitrogens with zero attached hydrogens (tertiary/aromatic N) is 4. The SMILES string of the molecule is COc1ccc(-n2c(C(C)=O)c(O)c(O)c2-c2nn[nH]n2)cc1. The van der Waals surface area contributed by atoms with Gasteiger partial charge in [-0.1, -0.05) is 0 Å². The number of aromatic hydroxyl groups is 2. The van der Waals surface area contributed by atoms with E-state index in [0.717, 1.165) is 0 Å². The maximum Gasteiger partial charge on any atom is 0.225 e. The minimum absolute atomic E-state index is 0.0427. The van der Waals surface area contributed by atoms with Gasteiger partial charge in [0.15, 0.2) is 17.3 Å². The van der Waals surface area contributed by atoms with E-state index in [2.05, 4.69) is 20.6 Å². The number of nitrogens with one attached hydrogen (secondary N) is 1. The average molecular weight is 315 g/mol. The van der Waals surface area contributed by atoms with E-state index in [1.807, 2.05) is 0 Å². The molecule has 0 atom stereocenters. The van der Waals surface area contributed by atoms with Gasteiger partial charge in [-0.3, -0.25) is 9.36 Å². The molecule has 0 amide bonds. The number of aromatic amines is 1. The van der Waals surface area contributed by atoms with Crippen molar-refractivity contribution in [3.63, 3.8) is 0 Å². The van der Waals surface area contributed by atoms with Gasteiger partial charge in [-0.15, -0.1) is 10.2 Å². The van der Waals surface area contributed by atoms with Crippen molar-refractivity contribution < 1.29 is 19.7 Å². The summed E-state index contributed by atoms with van der Waals surface area (Å²) in [5, 5.41) is 33.7. The molecule has 0 aliphatic heterocycles. The van der Waals surface area contributed by atoms with Crippen LogP contribution in [0.25, 0.3) is 17.2 Å². The van der Waals surface area contributed by atoms with E-state index in [-0.39, 0.29) is 17.2 Å². The monoisotopic (exact) mass is 315 g/mol. The zero-order valence-corrected chi connectivity index (χ0v) is 12.3. The first-order valence-electron chi connectivity index (χ1n) is 6.60. The van der Waals surface area contributed by atoms with Gasteiger partial charge >= 0.3 is 0 Å². The van der Waals surface area contributed by atoms with Gasteiger partial charge in [-0.2, -0.15) is 5.21 Å². The summed E-state index contributed by atoms with van der Waals surface area (Å²) in [5.41, 5.74) is 0.505. The molecule has 0 spiro atoms. The number of hydrogen-bond donors (Lipinski definition) is 3. The summed E-state index contributed by atoms with van der Waals surface area (Å²) in [6.45, 7) is 1.29. The number of methoxy groups -OCH3 is 1. The van der Waals surface area contributed by atoms with Crippen LogP contribution in [0.5, 0.6) is 17.2 Å². The van der Waals surface area contributed by atoms with E-state index in [9.17, 15) is 15.0 Å². The smallest absolute Gasteiger partial charge is 0.225 e. The van der Waals surface area contributed by atoms with Crippen LogP contribution in [0.4, 0.5) is 0 Å². The molecule has 2 heterocycles. The molecule has 0 radical (unpaired) electrons. The first-order valence-corrected chi connectivity index (χ1v) is 6.60. The van der Waals surface area contributed by atoms with E-state index in [1.54, 1.807) is 24.3 Å². The Kier molecular flexibility index (Phi) is 3.45. The van der Waals surface area contributed by atoms with Crippen molar-refractivity contribution in [2.24, 2.45) is 0 Å². The molecule has 2 aromatic heterocycles. The number of benzene rings is 1. The van der Waals surface area contributed by atoms with Crippen LogP contribution in [0.15, 0.2) is 24.3 Å². The van der Waals surface area contributed by atoms with Gasteiger partial charge in [-0.25, -0.2) is 0 Å². The summed E-state index contributed by atoms with van der Waals surface area (Å²) < 4.78 is 6.47. The predicted octanol–water partition coefficient (Wildman–Crippen LogP) is 1.28. The first-order chi connectivity index (χ1) is 11.0. The van der Waals surface area contributed by atoms with Crippen LogP contribution in [0.3, 0.4) is 0 Å².